The second kappa shape index (κ2) is 8.36. The van der Waals surface area contributed by atoms with Crippen molar-refractivity contribution in [3.8, 4) is 0 Å². The molecule has 2 fully saturated rings. The van der Waals surface area contributed by atoms with Crippen LogP contribution < -0.4 is 10.6 Å². The van der Waals surface area contributed by atoms with E-state index in [1.54, 1.807) is 0 Å². The van der Waals surface area contributed by atoms with Gasteiger partial charge in [-0.25, -0.2) is 4.98 Å². The number of aromatic nitrogens is 2. The predicted molar refractivity (Wildman–Crippen MR) is 114 cm³/mol. The summed E-state index contributed by atoms with van der Waals surface area (Å²) in [6.45, 7) is 7.22. The Labute approximate surface area is 177 Å². The van der Waals surface area contributed by atoms with E-state index in [2.05, 4.69) is 41.5 Å². The van der Waals surface area contributed by atoms with Crippen LogP contribution in [-0.2, 0) is 11.2 Å². The molecule has 2 aromatic heterocycles. The average molecular weight is 413 g/mol. The van der Waals surface area contributed by atoms with E-state index in [4.69, 9.17) is 4.52 Å². The standard InChI is InChI=1S/C23H32N4O3/c1-23(2,3)13-18-19-16(12-17(14-8-9-14)26-22(19)30-27-18)21(29)25-11-10-24-20(28)15-6-4-5-7-15/h12,14-15H,4-11,13H2,1-3H3,(H,24,28)(H,25,29). The summed E-state index contributed by atoms with van der Waals surface area (Å²) in [5, 5.41) is 10.8. The largest absolute Gasteiger partial charge is 0.354 e. The lowest BCUT2D eigenvalue weighted by molar-refractivity contribution is -0.124. The SMILES string of the molecule is CC(C)(C)Cc1noc2nc(C3CC3)cc(C(=O)NCCNC(=O)C3CCCC3)c12. The number of hydrogen-bond donors (Lipinski definition) is 2. The third-order valence-corrected chi connectivity index (χ3v) is 5.91. The van der Waals surface area contributed by atoms with Gasteiger partial charge in [-0.15, -0.1) is 0 Å². The molecule has 2 N–H and O–H groups in total. The number of rotatable bonds is 7. The number of nitrogens with one attached hydrogen (secondary N) is 2. The molecular weight excluding hydrogens is 380 g/mol. The zero-order valence-corrected chi connectivity index (χ0v) is 18.2. The Bertz CT molecular complexity index is 934. The Morgan fingerprint density at radius 2 is 1.80 bits per heavy atom. The Morgan fingerprint density at radius 3 is 2.47 bits per heavy atom. The molecule has 2 aliphatic rings. The van der Waals surface area contributed by atoms with Crippen molar-refractivity contribution in [2.45, 2.75) is 71.6 Å². The minimum Gasteiger partial charge on any atom is -0.354 e. The van der Waals surface area contributed by atoms with Crippen LogP contribution in [0.25, 0.3) is 11.1 Å². The van der Waals surface area contributed by atoms with E-state index < -0.39 is 0 Å². The van der Waals surface area contributed by atoms with Crippen molar-refractivity contribution in [3.63, 3.8) is 0 Å². The van der Waals surface area contributed by atoms with Crippen molar-refractivity contribution in [1.29, 1.82) is 0 Å². The molecule has 7 nitrogen and oxygen atoms in total. The van der Waals surface area contributed by atoms with E-state index in [0.717, 1.165) is 49.9 Å². The first-order chi connectivity index (χ1) is 14.3. The van der Waals surface area contributed by atoms with Gasteiger partial charge in [-0.3, -0.25) is 9.59 Å². The first-order valence-electron chi connectivity index (χ1n) is 11.2. The van der Waals surface area contributed by atoms with Crippen LogP contribution in [0.1, 0.15) is 87.0 Å². The van der Waals surface area contributed by atoms with Crippen LogP contribution in [0.5, 0.6) is 0 Å². The molecule has 30 heavy (non-hydrogen) atoms. The van der Waals surface area contributed by atoms with Crippen molar-refractivity contribution in [1.82, 2.24) is 20.8 Å². The molecule has 162 valence electrons. The molecular formula is C23H32N4O3. The van der Waals surface area contributed by atoms with Gasteiger partial charge in [-0.05, 0) is 43.6 Å². The molecule has 4 rings (SSSR count). The van der Waals surface area contributed by atoms with E-state index in [1.807, 2.05) is 6.07 Å². The van der Waals surface area contributed by atoms with Crippen LogP contribution in [-0.4, -0.2) is 35.0 Å². The zero-order valence-electron chi connectivity index (χ0n) is 18.2. The smallest absolute Gasteiger partial charge is 0.259 e. The Hall–Kier alpha value is -2.44. The Kier molecular flexibility index (Phi) is 5.80. The van der Waals surface area contributed by atoms with Crippen molar-refractivity contribution in [3.05, 3.63) is 23.0 Å². The molecule has 2 aromatic rings. The van der Waals surface area contributed by atoms with Crippen LogP contribution in [0.2, 0.25) is 0 Å². The second-order valence-electron chi connectivity index (χ2n) is 9.94. The highest BCUT2D eigenvalue weighted by molar-refractivity contribution is 6.06. The maximum absolute atomic E-state index is 13.0. The second-order valence-corrected chi connectivity index (χ2v) is 9.94. The molecule has 7 heteroatoms. The molecule has 2 aliphatic carbocycles. The molecule has 0 saturated heterocycles. The summed E-state index contributed by atoms with van der Waals surface area (Å²) < 4.78 is 5.52. The monoisotopic (exact) mass is 412 g/mol. The van der Waals surface area contributed by atoms with Gasteiger partial charge in [0.1, 0.15) is 0 Å². The van der Waals surface area contributed by atoms with Crippen molar-refractivity contribution in [2.24, 2.45) is 11.3 Å². The van der Waals surface area contributed by atoms with Gasteiger partial charge in [-0.1, -0.05) is 38.8 Å². The summed E-state index contributed by atoms with van der Waals surface area (Å²) in [5.41, 5.74) is 2.70. The number of hydrogen-bond acceptors (Lipinski definition) is 5. The van der Waals surface area contributed by atoms with Crippen LogP contribution in [0, 0.1) is 11.3 Å². The topological polar surface area (TPSA) is 97.1 Å². The maximum atomic E-state index is 13.0. The molecule has 2 amide bonds. The summed E-state index contributed by atoms with van der Waals surface area (Å²) in [4.78, 5) is 29.8. The van der Waals surface area contributed by atoms with Crippen molar-refractivity contribution in [2.75, 3.05) is 13.1 Å². The third-order valence-electron chi connectivity index (χ3n) is 5.91. The maximum Gasteiger partial charge on any atom is 0.259 e. The Balaban J connectivity index is 1.47. The van der Waals surface area contributed by atoms with Gasteiger partial charge in [0.2, 0.25) is 5.91 Å². The van der Waals surface area contributed by atoms with E-state index >= 15 is 0 Å². The average Bonchev–Trinajstić information content (AvgIpc) is 3.25. The van der Waals surface area contributed by atoms with Crippen LogP contribution in [0.4, 0.5) is 0 Å². The normalized spacial score (nSPS) is 17.4. The molecule has 0 radical (unpaired) electrons. The van der Waals surface area contributed by atoms with Crippen molar-refractivity contribution >= 4 is 22.9 Å². The molecule has 0 spiro atoms. The van der Waals surface area contributed by atoms with Gasteiger partial charge in [0.05, 0.1) is 16.6 Å². The van der Waals surface area contributed by atoms with Gasteiger partial charge < -0.3 is 15.2 Å². The molecule has 2 heterocycles. The van der Waals surface area contributed by atoms with Gasteiger partial charge in [-0.2, -0.15) is 0 Å². The van der Waals surface area contributed by atoms with Crippen molar-refractivity contribution < 1.29 is 14.1 Å². The summed E-state index contributed by atoms with van der Waals surface area (Å²) in [6.07, 6.45) is 7.09. The number of fused-ring (bicyclic) bond motifs is 1. The molecule has 0 atom stereocenters. The number of amides is 2. The molecule has 0 aromatic carbocycles. The van der Waals surface area contributed by atoms with Gasteiger partial charge in [0, 0.05) is 30.6 Å². The van der Waals surface area contributed by atoms with Crippen LogP contribution in [0.15, 0.2) is 10.6 Å². The molecule has 0 aliphatic heterocycles. The minimum atomic E-state index is -0.169. The highest BCUT2D eigenvalue weighted by Crippen LogP contribution is 2.41. The quantitative estimate of drug-likeness (QED) is 0.676. The third kappa shape index (κ3) is 4.82. The van der Waals surface area contributed by atoms with Gasteiger partial charge in [0.15, 0.2) is 0 Å². The number of carbonyl (C=O) groups is 2. The fraction of sp³-hybridized carbons (Fsp3) is 0.652. The van der Waals surface area contributed by atoms with E-state index in [-0.39, 0.29) is 23.1 Å². The van der Waals surface area contributed by atoms with Gasteiger partial charge in [0.25, 0.3) is 11.6 Å². The molecule has 0 unspecified atom stereocenters. The lowest BCUT2D eigenvalue weighted by atomic mass is 9.89. The number of nitrogens with zero attached hydrogens (tertiary/aromatic N) is 2. The first kappa shape index (κ1) is 20.8. The zero-order chi connectivity index (χ0) is 21.3. The fourth-order valence-electron chi connectivity index (χ4n) is 4.21. The highest BCUT2D eigenvalue weighted by Gasteiger charge is 2.30. The van der Waals surface area contributed by atoms with E-state index in [0.29, 0.717) is 42.1 Å². The summed E-state index contributed by atoms with van der Waals surface area (Å²) in [5.74, 6) is 0.481. The molecule has 0 bridgehead atoms. The molecule has 2 saturated carbocycles. The first-order valence-corrected chi connectivity index (χ1v) is 11.2. The highest BCUT2D eigenvalue weighted by atomic mass is 16.5. The summed E-state index contributed by atoms with van der Waals surface area (Å²) in [6, 6.07) is 1.90. The van der Waals surface area contributed by atoms with Crippen LogP contribution in [0.3, 0.4) is 0 Å². The minimum absolute atomic E-state index is 0.0111. The van der Waals surface area contributed by atoms with Crippen LogP contribution >= 0.6 is 0 Å². The van der Waals surface area contributed by atoms with E-state index in [9.17, 15) is 9.59 Å². The predicted octanol–water partition coefficient (Wildman–Crippen LogP) is 3.73. The summed E-state index contributed by atoms with van der Waals surface area (Å²) >= 11 is 0. The Morgan fingerprint density at radius 1 is 1.10 bits per heavy atom. The summed E-state index contributed by atoms with van der Waals surface area (Å²) in [7, 11) is 0. The number of pyridine rings is 1. The lowest BCUT2D eigenvalue weighted by Crippen LogP contribution is -2.37. The fourth-order valence-corrected chi connectivity index (χ4v) is 4.21. The lowest BCUT2D eigenvalue weighted by Gasteiger charge is -2.16. The van der Waals surface area contributed by atoms with Gasteiger partial charge >= 0.3 is 0 Å². The number of carbonyl (C=O) groups excluding carboxylic acids is 2. The van der Waals surface area contributed by atoms with E-state index in [1.165, 1.54) is 0 Å².